The third kappa shape index (κ3) is 5.91. The molecule has 0 amide bonds. The zero-order chi connectivity index (χ0) is 19.1. The summed E-state index contributed by atoms with van der Waals surface area (Å²) in [4.78, 5) is 18.9. The topological polar surface area (TPSA) is 92.2 Å². The molecule has 0 spiro atoms. The number of hydrogen-bond donors (Lipinski definition) is 0. The van der Waals surface area contributed by atoms with Crippen molar-refractivity contribution in [1.82, 2.24) is 24.2 Å². The van der Waals surface area contributed by atoms with Crippen LogP contribution in [-0.2, 0) is 16.4 Å². The van der Waals surface area contributed by atoms with Gasteiger partial charge in [-0.1, -0.05) is 6.08 Å². The van der Waals surface area contributed by atoms with Crippen LogP contribution in [0, 0.1) is 3.57 Å². The van der Waals surface area contributed by atoms with Crippen molar-refractivity contribution in [2.24, 2.45) is 0 Å². The molecule has 1 fully saturated rings. The third-order valence-corrected chi connectivity index (χ3v) is 6.33. The Hall–Kier alpha value is -1.66. The number of aromatic nitrogens is 4. The van der Waals surface area contributed by atoms with E-state index in [1.54, 1.807) is 36.9 Å². The van der Waals surface area contributed by atoms with Crippen molar-refractivity contribution < 1.29 is 8.42 Å². The van der Waals surface area contributed by atoms with E-state index in [0.29, 0.717) is 38.5 Å². The number of rotatable bonds is 7. The van der Waals surface area contributed by atoms with Crippen molar-refractivity contribution in [1.29, 1.82) is 0 Å². The highest BCUT2D eigenvalue weighted by Crippen LogP contribution is 2.15. The minimum atomic E-state index is -3.39. The molecule has 1 saturated heterocycles. The molecule has 3 heterocycles. The zero-order valence-electron chi connectivity index (χ0n) is 14.8. The highest BCUT2D eigenvalue weighted by molar-refractivity contribution is 14.1. The molecule has 0 saturated carbocycles. The maximum atomic E-state index is 12.5. The molecule has 10 heteroatoms. The summed E-state index contributed by atoms with van der Waals surface area (Å²) < 4.78 is 27.4. The summed E-state index contributed by atoms with van der Waals surface area (Å²) in [7, 11) is -3.39. The monoisotopic (exact) mass is 500 g/mol. The molecule has 0 bridgehead atoms. The molecule has 3 rings (SSSR count). The average Bonchev–Trinajstić information content (AvgIpc) is 2.69. The molecule has 0 aliphatic carbocycles. The number of anilines is 1. The van der Waals surface area contributed by atoms with E-state index in [2.05, 4.69) is 42.5 Å². The van der Waals surface area contributed by atoms with Crippen LogP contribution in [-0.4, -0.2) is 58.8 Å². The van der Waals surface area contributed by atoms with Crippen LogP contribution in [0.15, 0.2) is 42.3 Å². The Morgan fingerprint density at radius 1 is 1.04 bits per heavy atom. The van der Waals surface area contributed by atoms with Gasteiger partial charge in [-0.25, -0.2) is 28.4 Å². The average molecular weight is 500 g/mol. The van der Waals surface area contributed by atoms with Gasteiger partial charge in [-0.05, 0) is 41.5 Å². The normalized spacial score (nSPS) is 16.1. The first-order valence-corrected chi connectivity index (χ1v) is 11.3. The molecule has 1 aliphatic rings. The van der Waals surface area contributed by atoms with Gasteiger partial charge in [0.05, 0.1) is 0 Å². The van der Waals surface area contributed by atoms with Crippen LogP contribution in [0.1, 0.15) is 18.7 Å². The predicted molar refractivity (Wildman–Crippen MR) is 112 cm³/mol. The van der Waals surface area contributed by atoms with E-state index in [1.807, 2.05) is 4.90 Å². The first-order chi connectivity index (χ1) is 13.0. The molecular weight excluding hydrogens is 479 g/mol. The van der Waals surface area contributed by atoms with Gasteiger partial charge in [0, 0.05) is 66.4 Å². The van der Waals surface area contributed by atoms with Crippen molar-refractivity contribution in [2.45, 2.75) is 19.3 Å². The Bertz CT molecular complexity index is 853. The summed E-state index contributed by atoms with van der Waals surface area (Å²) in [6.45, 7) is 2.03. The lowest BCUT2D eigenvalue weighted by molar-refractivity contribution is 0.387. The van der Waals surface area contributed by atoms with Gasteiger partial charge in [-0.15, -0.1) is 0 Å². The molecule has 27 heavy (non-hydrogen) atoms. The molecule has 0 radical (unpaired) electrons. The lowest BCUT2D eigenvalue weighted by atomic mass is 10.2. The van der Waals surface area contributed by atoms with Crippen LogP contribution in [0.4, 0.5) is 5.95 Å². The maximum Gasteiger partial charge on any atom is 0.236 e. The lowest BCUT2D eigenvalue weighted by Crippen LogP contribution is -2.48. The quantitative estimate of drug-likeness (QED) is 0.424. The predicted octanol–water partition coefficient (Wildman–Crippen LogP) is 1.86. The van der Waals surface area contributed by atoms with Crippen molar-refractivity contribution >= 4 is 38.6 Å². The van der Waals surface area contributed by atoms with Gasteiger partial charge in [0.25, 0.3) is 0 Å². The van der Waals surface area contributed by atoms with Gasteiger partial charge in [0.1, 0.15) is 5.82 Å². The summed E-state index contributed by atoms with van der Waals surface area (Å²) in [5, 5.41) is 1.32. The van der Waals surface area contributed by atoms with E-state index in [4.69, 9.17) is 0 Å². The first kappa shape index (κ1) is 20.1. The summed E-state index contributed by atoms with van der Waals surface area (Å²) >= 11 is 2.16. The van der Waals surface area contributed by atoms with Crippen LogP contribution in [0.5, 0.6) is 0 Å². The second-order valence-corrected chi connectivity index (χ2v) is 9.13. The van der Waals surface area contributed by atoms with Crippen LogP contribution in [0.3, 0.4) is 0 Å². The minimum absolute atomic E-state index is 0.430. The fourth-order valence-electron chi connectivity index (χ4n) is 2.72. The number of unbranched alkanes of at least 4 members (excludes halogenated alkanes) is 1. The summed E-state index contributed by atoms with van der Waals surface area (Å²) in [5.74, 6) is 1.42. The van der Waals surface area contributed by atoms with E-state index < -0.39 is 10.0 Å². The fraction of sp³-hybridized carbons (Fsp3) is 0.412. The molecule has 8 nitrogen and oxygen atoms in total. The lowest BCUT2D eigenvalue weighted by Gasteiger charge is -2.33. The Labute approximate surface area is 172 Å². The van der Waals surface area contributed by atoms with Gasteiger partial charge < -0.3 is 4.90 Å². The number of halogens is 1. The van der Waals surface area contributed by atoms with Gasteiger partial charge >= 0.3 is 0 Å². The van der Waals surface area contributed by atoms with Crippen molar-refractivity contribution in [3.63, 3.8) is 0 Å². The van der Waals surface area contributed by atoms with Gasteiger partial charge in [0.15, 0.2) is 0 Å². The van der Waals surface area contributed by atoms with Crippen molar-refractivity contribution in [3.05, 3.63) is 51.7 Å². The molecule has 1 aliphatic heterocycles. The van der Waals surface area contributed by atoms with Crippen LogP contribution in [0.25, 0.3) is 0 Å². The van der Waals surface area contributed by atoms with Crippen LogP contribution < -0.4 is 4.90 Å². The number of sulfonamides is 1. The van der Waals surface area contributed by atoms with Gasteiger partial charge in [0.2, 0.25) is 16.0 Å². The smallest absolute Gasteiger partial charge is 0.236 e. The Morgan fingerprint density at radius 3 is 2.37 bits per heavy atom. The molecule has 0 N–H and O–H groups in total. The van der Waals surface area contributed by atoms with E-state index in [-0.39, 0.29) is 0 Å². The largest absolute Gasteiger partial charge is 0.338 e. The number of nitrogens with zero attached hydrogens (tertiary/aromatic N) is 6. The third-order valence-electron chi connectivity index (χ3n) is 4.15. The second kappa shape index (κ2) is 9.51. The van der Waals surface area contributed by atoms with Crippen molar-refractivity contribution in [3.8, 4) is 0 Å². The number of allylic oxidation sites excluding steroid dienone is 1. The van der Waals surface area contributed by atoms with E-state index >= 15 is 0 Å². The summed E-state index contributed by atoms with van der Waals surface area (Å²) in [6.07, 6.45) is 10.9. The first-order valence-electron chi connectivity index (χ1n) is 8.70. The summed E-state index contributed by atoms with van der Waals surface area (Å²) in [6, 6.07) is 1.78. The molecule has 144 valence electrons. The maximum absolute atomic E-state index is 12.5. The Kier molecular flexibility index (Phi) is 7.07. The molecule has 0 aromatic carbocycles. The minimum Gasteiger partial charge on any atom is -0.338 e. The number of hydrogen-bond acceptors (Lipinski definition) is 7. The number of piperazine rings is 1. The molecular formula is C17H21IN6O2S. The van der Waals surface area contributed by atoms with E-state index in [9.17, 15) is 8.42 Å². The van der Waals surface area contributed by atoms with Gasteiger partial charge in [-0.2, -0.15) is 4.31 Å². The van der Waals surface area contributed by atoms with Gasteiger partial charge in [-0.3, -0.25) is 0 Å². The Morgan fingerprint density at radius 2 is 1.70 bits per heavy atom. The number of aryl methyl sites for hydroxylation is 1. The summed E-state index contributed by atoms with van der Waals surface area (Å²) in [5.41, 5.74) is 0. The van der Waals surface area contributed by atoms with Crippen LogP contribution in [0.2, 0.25) is 0 Å². The highest BCUT2D eigenvalue weighted by atomic mass is 127. The van der Waals surface area contributed by atoms with E-state index in [1.165, 1.54) is 9.71 Å². The molecule has 0 atom stereocenters. The van der Waals surface area contributed by atoms with Crippen molar-refractivity contribution in [2.75, 3.05) is 31.1 Å². The van der Waals surface area contributed by atoms with Crippen LogP contribution >= 0.6 is 22.6 Å². The van der Waals surface area contributed by atoms with E-state index in [0.717, 1.165) is 22.2 Å². The molecule has 2 aromatic heterocycles. The highest BCUT2D eigenvalue weighted by Gasteiger charge is 2.25. The second-order valence-electron chi connectivity index (χ2n) is 6.06. The SMILES string of the molecule is O=S(=O)(/C=C/CCCc1ncccn1)N1CCN(c2ncc(I)cn2)CC1. The standard InChI is InChI=1S/C17H21IN6O2S/c18-15-13-21-17(22-14-15)23-8-10-24(11-9-23)27(25,26)12-3-1-2-5-16-19-6-4-7-20-16/h3-4,6-7,12-14H,1-2,5,8-11H2/b12-3+. The molecule has 2 aromatic rings. The Balaban J connectivity index is 1.45. The fourth-order valence-corrected chi connectivity index (χ4v) is 4.23. The molecule has 0 unspecified atom stereocenters. The zero-order valence-corrected chi connectivity index (χ0v) is 17.8.